The Balaban J connectivity index is 1.44. The maximum absolute atomic E-state index is 14.6. The van der Waals surface area contributed by atoms with Gasteiger partial charge in [0.05, 0.1) is 11.7 Å². The Morgan fingerprint density at radius 2 is 2.00 bits per heavy atom. The SMILES string of the molecule is Cc1ccc([C@H](CC(=O)NC[C@H](Cc2ccc3[nH]ncc3c2)N(C)C)C2(C(C)(F)F)CC2)cn1. The molecule has 1 aromatic carbocycles. The topological polar surface area (TPSA) is 73.9 Å². The highest BCUT2D eigenvalue weighted by atomic mass is 19.3. The zero-order valence-corrected chi connectivity index (χ0v) is 20.2. The lowest BCUT2D eigenvalue weighted by molar-refractivity contribution is -0.123. The molecule has 34 heavy (non-hydrogen) atoms. The van der Waals surface area contributed by atoms with Gasteiger partial charge < -0.3 is 10.2 Å². The first-order valence-electron chi connectivity index (χ1n) is 11.7. The minimum absolute atomic E-state index is 0.0231. The zero-order chi connectivity index (χ0) is 24.5. The van der Waals surface area contributed by atoms with Crippen LogP contribution in [0.25, 0.3) is 10.9 Å². The van der Waals surface area contributed by atoms with Crippen LogP contribution in [0, 0.1) is 12.3 Å². The van der Waals surface area contributed by atoms with Crippen LogP contribution in [-0.4, -0.2) is 58.6 Å². The summed E-state index contributed by atoms with van der Waals surface area (Å²) in [6.07, 6.45) is 5.04. The Kier molecular flexibility index (Phi) is 6.71. The van der Waals surface area contributed by atoms with Gasteiger partial charge in [-0.1, -0.05) is 12.1 Å². The lowest BCUT2D eigenvalue weighted by Gasteiger charge is -2.32. The van der Waals surface area contributed by atoms with E-state index >= 15 is 0 Å². The fourth-order valence-corrected chi connectivity index (χ4v) is 4.86. The number of alkyl halides is 2. The Hall–Kier alpha value is -2.87. The van der Waals surface area contributed by atoms with E-state index in [9.17, 15) is 13.6 Å². The molecule has 2 atom stereocenters. The number of carbonyl (C=O) groups excluding carboxylic acids is 1. The van der Waals surface area contributed by atoms with Crippen LogP contribution in [0.4, 0.5) is 8.78 Å². The van der Waals surface area contributed by atoms with Crippen molar-refractivity contribution in [3.63, 3.8) is 0 Å². The van der Waals surface area contributed by atoms with Crippen LogP contribution in [0.2, 0.25) is 0 Å². The molecule has 6 nitrogen and oxygen atoms in total. The number of nitrogens with one attached hydrogen (secondary N) is 2. The first-order chi connectivity index (χ1) is 16.1. The second-order valence-electron chi connectivity index (χ2n) is 9.95. The Morgan fingerprint density at radius 3 is 2.62 bits per heavy atom. The number of hydrogen-bond acceptors (Lipinski definition) is 4. The molecule has 4 rings (SSSR count). The summed E-state index contributed by atoms with van der Waals surface area (Å²) in [6.45, 7) is 3.27. The number of amides is 1. The number of halogens is 2. The summed E-state index contributed by atoms with van der Waals surface area (Å²) >= 11 is 0. The molecule has 0 bridgehead atoms. The summed E-state index contributed by atoms with van der Waals surface area (Å²) in [4.78, 5) is 19.4. The van der Waals surface area contributed by atoms with Gasteiger partial charge in [-0.25, -0.2) is 8.78 Å². The van der Waals surface area contributed by atoms with Crippen LogP contribution >= 0.6 is 0 Å². The smallest absolute Gasteiger partial charge is 0.251 e. The Labute approximate surface area is 199 Å². The molecule has 3 aromatic rings. The number of H-pyrrole nitrogens is 1. The van der Waals surface area contributed by atoms with Gasteiger partial charge in [-0.3, -0.25) is 14.9 Å². The molecule has 0 spiro atoms. The van der Waals surface area contributed by atoms with Crippen molar-refractivity contribution in [2.24, 2.45) is 5.41 Å². The number of pyridine rings is 1. The number of hydrogen-bond donors (Lipinski definition) is 2. The minimum atomic E-state index is -2.86. The highest BCUT2D eigenvalue weighted by Crippen LogP contribution is 2.65. The van der Waals surface area contributed by atoms with Gasteiger partial charge in [-0.05, 0) is 76.5 Å². The van der Waals surface area contributed by atoms with Gasteiger partial charge in [0, 0.05) is 47.6 Å². The van der Waals surface area contributed by atoms with Crippen LogP contribution in [-0.2, 0) is 11.2 Å². The second kappa shape index (κ2) is 9.41. The third-order valence-corrected chi connectivity index (χ3v) is 7.30. The molecule has 0 unspecified atom stereocenters. The molecule has 0 saturated heterocycles. The largest absolute Gasteiger partial charge is 0.355 e. The number of aromatic amines is 1. The summed E-state index contributed by atoms with van der Waals surface area (Å²) in [5.74, 6) is -3.64. The van der Waals surface area contributed by atoms with Gasteiger partial charge in [0.15, 0.2) is 0 Å². The van der Waals surface area contributed by atoms with Gasteiger partial charge in [0.2, 0.25) is 5.91 Å². The number of rotatable bonds is 10. The second-order valence-corrected chi connectivity index (χ2v) is 9.95. The fraction of sp³-hybridized carbons (Fsp3) is 0.500. The van der Waals surface area contributed by atoms with E-state index in [1.807, 2.05) is 39.2 Å². The standard InChI is InChI=1S/C26H33F2N5O/c1-17-5-7-19(14-29-17)22(26(9-10-26)25(2,27)28)13-24(34)30-16-21(33(3)4)12-18-6-8-23-20(11-18)15-31-32-23/h5-8,11,14-15,21-22H,9-10,12-13,16H2,1-4H3,(H,30,34)(H,31,32)/t21-,22-/m0/s1. The van der Waals surface area contributed by atoms with Crippen molar-refractivity contribution in [2.75, 3.05) is 20.6 Å². The monoisotopic (exact) mass is 469 g/mol. The first-order valence-corrected chi connectivity index (χ1v) is 11.7. The maximum Gasteiger partial charge on any atom is 0.251 e. The maximum atomic E-state index is 14.6. The summed E-state index contributed by atoms with van der Waals surface area (Å²) in [7, 11) is 3.95. The number of aryl methyl sites for hydroxylation is 1. The van der Waals surface area contributed by atoms with Gasteiger partial charge in [-0.15, -0.1) is 0 Å². The summed E-state index contributed by atoms with van der Waals surface area (Å²) < 4.78 is 29.2. The average Bonchev–Trinajstić information content (AvgIpc) is 3.47. The molecular formula is C26H33F2N5O. The van der Waals surface area contributed by atoms with E-state index in [-0.39, 0.29) is 18.4 Å². The number of likely N-dealkylation sites (N-methyl/N-ethyl adjacent to an activating group) is 1. The third kappa shape index (κ3) is 5.12. The molecule has 0 radical (unpaired) electrons. The van der Waals surface area contributed by atoms with Gasteiger partial charge in [0.25, 0.3) is 5.92 Å². The fourth-order valence-electron chi connectivity index (χ4n) is 4.86. The van der Waals surface area contributed by atoms with Crippen molar-refractivity contribution in [1.29, 1.82) is 0 Å². The van der Waals surface area contributed by atoms with Crippen molar-refractivity contribution in [1.82, 2.24) is 25.4 Å². The van der Waals surface area contributed by atoms with Crippen LogP contribution in [0.15, 0.2) is 42.7 Å². The van der Waals surface area contributed by atoms with E-state index in [1.165, 1.54) is 0 Å². The quantitative estimate of drug-likeness (QED) is 0.460. The molecule has 1 amide bonds. The first kappa shape index (κ1) is 24.3. The molecule has 2 aromatic heterocycles. The molecular weight excluding hydrogens is 436 g/mol. The highest BCUT2D eigenvalue weighted by Gasteiger charge is 2.63. The zero-order valence-electron chi connectivity index (χ0n) is 20.2. The molecule has 8 heteroatoms. The van der Waals surface area contributed by atoms with Crippen LogP contribution in [0.3, 0.4) is 0 Å². The Bertz CT molecular complexity index is 1130. The summed E-state index contributed by atoms with van der Waals surface area (Å²) in [5.41, 5.74) is 2.48. The number of carbonyl (C=O) groups is 1. The van der Waals surface area contributed by atoms with Gasteiger partial charge >= 0.3 is 0 Å². The molecule has 1 aliphatic carbocycles. The lowest BCUT2D eigenvalue weighted by Crippen LogP contribution is -2.43. The molecule has 0 aliphatic heterocycles. The van der Waals surface area contributed by atoms with E-state index in [0.717, 1.165) is 35.5 Å². The molecule has 2 heterocycles. The number of nitrogens with zero attached hydrogens (tertiary/aromatic N) is 3. The Morgan fingerprint density at radius 1 is 1.24 bits per heavy atom. The molecule has 2 N–H and O–H groups in total. The minimum Gasteiger partial charge on any atom is -0.355 e. The van der Waals surface area contributed by atoms with E-state index < -0.39 is 17.3 Å². The average molecular weight is 470 g/mol. The number of aromatic nitrogens is 3. The molecule has 1 fully saturated rings. The van der Waals surface area contributed by atoms with E-state index in [1.54, 1.807) is 12.4 Å². The van der Waals surface area contributed by atoms with E-state index in [2.05, 4.69) is 37.5 Å². The predicted molar refractivity (Wildman–Crippen MR) is 129 cm³/mol. The van der Waals surface area contributed by atoms with Gasteiger partial charge in [0.1, 0.15) is 0 Å². The molecule has 1 saturated carbocycles. The predicted octanol–water partition coefficient (Wildman–Crippen LogP) is 4.46. The number of fused-ring (bicyclic) bond motifs is 1. The highest BCUT2D eigenvalue weighted by molar-refractivity contribution is 5.78. The van der Waals surface area contributed by atoms with E-state index in [0.29, 0.717) is 24.9 Å². The van der Waals surface area contributed by atoms with Crippen LogP contribution in [0.1, 0.15) is 48.9 Å². The van der Waals surface area contributed by atoms with Crippen molar-refractivity contribution < 1.29 is 13.6 Å². The summed E-state index contributed by atoms with van der Waals surface area (Å²) in [6, 6.07) is 9.87. The third-order valence-electron chi connectivity index (χ3n) is 7.30. The van der Waals surface area contributed by atoms with Crippen molar-refractivity contribution in [2.45, 2.75) is 57.4 Å². The molecule has 182 valence electrons. The van der Waals surface area contributed by atoms with Crippen LogP contribution < -0.4 is 5.32 Å². The molecule has 1 aliphatic rings. The van der Waals surface area contributed by atoms with E-state index in [4.69, 9.17) is 0 Å². The lowest BCUT2D eigenvalue weighted by atomic mass is 9.77. The summed E-state index contributed by atoms with van der Waals surface area (Å²) in [5, 5.41) is 11.1. The number of benzene rings is 1. The van der Waals surface area contributed by atoms with Crippen molar-refractivity contribution in [3.05, 3.63) is 59.5 Å². The normalized spacial score (nSPS) is 17.0. The van der Waals surface area contributed by atoms with Gasteiger partial charge in [-0.2, -0.15) is 5.10 Å². The van der Waals surface area contributed by atoms with Crippen molar-refractivity contribution >= 4 is 16.8 Å². The van der Waals surface area contributed by atoms with Crippen molar-refractivity contribution in [3.8, 4) is 0 Å². The van der Waals surface area contributed by atoms with Crippen LogP contribution in [0.5, 0.6) is 0 Å².